The van der Waals surface area contributed by atoms with Gasteiger partial charge in [0, 0.05) is 37.6 Å². The van der Waals surface area contributed by atoms with Crippen LogP contribution in [0, 0.1) is 5.82 Å². The maximum atomic E-state index is 13.5. The van der Waals surface area contributed by atoms with Gasteiger partial charge in [-0.2, -0.15) is 0 Å². The van der Waals surface area contributed by atoms with Crippen molar-refractivity contribution in [1.29, 1.82) is 0 Å². The number of benzene rings is 2. The van der Waals surface area contributed by atoms with Crippen LogP contribution < -0.4 is 4.90 Å². The molecule has 1 aliphatic rings. The van der Waals surface area contributed by atoms with E-state index in [1.165, 1.54) is 29.6 Å². The number of hydrogen-bond donors (Lipinski definition) is 0. The Kier molecular flexibility index (Phi) is 7.29. The zero-order valence-corrected chi connectivity index (χ0v) is 20.0. The Labute approximate surface area is 198 Å². The van der Waals surface area contributed by atoms with Gasteiger partial charge in [-0.1, -0.05) is 30.0 Å². The van der Waals surface area contributed by atoms with E-state index in [4.69, 9.17) is 0 Å². The van der Waals surface area contributed by atoms with Crippen LogP contribution >= 0.6 is 11.8 Å². The molecule has 2 heterocycles. The number of amides is 1. The molecule has 3 aromatic rings. The molecule has 0 bridgehead atoms. The van der Waals surface area contributed by atoms with Gasteiger partial charge in [-0.3, -0.25) is 14.3 Å². The molecule has 1 amide bonds. The highest BCUT2D eigenvalue weighted by Gasteiger charge is 2.24. The van der Waals surface area contributed by atoms with Gasteiger partial charge < -0.3 is 9.80 Å². The summed E-state index contributed by atoms with van der Waals surface area (Å²) in [4.78, 5) is 19.2. The molecule has 9 heteroatoms. The van der Waals surface area contributed by atoms with E-state index < -0.39 is 0 Å². The second-order valence-corrected chi connectivity index (χ2v) is 9.23. The maximum Gasteiger partial charge on any atom is 0.233 e. The summed E-state index contributed by atoms with van der Waals surface area (Å²) in [6, 6.07) is 16.5. The van der Waals surface area contributed by atoms with Crippen molar-refractivity contribution >= 4 is 23.4 Å². The van der Waals surface area contributed by atoms with Gasteiger partial charge in [0.25, 0.3) is 0 Å². The van der Waals surface area contributed by atoms with Crippen LogP contribution in [0.3, 0.4) is 0 Å². The van der Waals surface area contributed by atoms with Crippen LogP contribution in [0.4, 0.5) is 10.1 Å². The van der Waals surface area contributed by atoms with Crippen LogP contribution in [-0.4, -0.2) is 76.5 Å². The number of piperazine rings is 1. The first-order valence-electron chi connectivity index (χ1n) is 11.0. The summed E-state index contributed by atoms with van der Waals surface area (Å²) in [6.45, 7) is 5.06. The third-order valence-corrected chi connectivity index (χ3v) is 6.88. The number of carbonyl (C=O) groups is 1. The molecule has 1 saturated heterocycles. The highest BCUT2D eigenvalue weighted by atomic mass is 32.2. The lowest BCUT2D eigenvalue weighted by Crippen LogP contribution is -2.49. The first-order valence-corrected chi connectivity index (χ1v) is 12.0. The van der Waals surface area contributed by atoms with E-state index in [2.05, 4.69) is 27.2 Å². The topological polar surface area (TPSA) is 57.5 Å². The fraction of sp³-hybridized carbons (Fsp3) is 0.375. The molecular formula is C24H29FN6OS. The summed E-state index contributed by atoms with van der Waals surface area (Å²) >= 11 is 1.37. The monoisotopic (exact) mass is 468 g/mol. The smallest absolute Gasteiger partial charge is 0.233 e. The number of carbonyl (C=O) groups excluding carboxylic acids is 1. The van der Waals surface area contributed by atoms with Crippen LogP contribution in [0.1, 0.15) is 18.8 Å². The fourth-order valence-corrected chi connectivity index (χ4v) is 4.64. The second-order valence-electron chi connectivity index (χ2n) is 8.28. The van der Waals surface area contributed by atoms with E-state index in [1.54, 1.807) is 12.1 Å². The number of halogens is 1. The molecule has 7 nitrogen and oxygen atoms in total. The highest BCUT2D eigenvalue weighted by molar-refractivity contribution is 7.99. The molecule has 0 unspecified atom stereocenters. The number of rotatable bonds is 7. The third-order valence-electron chi connectivity index (χ3n) is 5.97. The fourth-order valence-electron chi connectivity index (χ4n) is 3.78. The SMILES string of the molecule is C[C@@H](c1nnc(SCC(=O)N2CCN(c3ccccc3)CC2)n1-c1ccc(F)cc1)N(C)C. The molecule has 1 aromatic heterocycles. The van der Waals surface area contributed by atoms with E-state index in [1.807, 2.05) is 53.6 Å². The quantitative estimate of drug-likeness (QED) is 0.495. The van der Waals surface area contributed by atoms with E-state index in [0.717, 1.165) is 24.6 Å². The van der Waals surface area contributed by atoms with Crippen molar-refractivity contribution in [2.75, 3.05) is 50.9 Å². The molecule has 0 saturated carbocycles. The predicted octanol–water partition coefficient (Wildman–Crippen LogP) is 3.47. The van der Waals surface area contributed by atoms with E-state index in [-0.39, 0.29) is 23.5 Å². The minimum absolute atomic E-state index is 0.00123. The van der Waals surface area contributed by atoms with Gasteiger partial charge in [0.2, 0.25) is 5.91 Å². The van der Waals surface area contributed by atoms with Crippen molar-refractivity contribution in [2.24, 2.45) is 0 Å². The maximum absolute atomic E-state index is 13.5. The standard InChI is InChI=1S/C24H29FN6OS/c1-18(28(2)3)23-26-27-24(31(23)21-11-9-19(25)10-12-21)33-17-22(32)30-15-13-29(14-16-30)20-7-5-4-6-8-20/h4-12,18H,13-17H2,1-3H3/t18-/m0/s1. The Morgan fingerprint density at radius 2 is 1.67 bits per heavy atom. The summed E-state index contributed by atoms with van der Waals surface area (Å²) in [5.74, 6) is 0.816. The second kappa shape index (κ2) is 10.4. The van der Waals surface area contributed by atoms with Crippen LogP contribution in [0.5, 0.6) is 0 Å². The van der Waals surface area contributed by atoms with Gasteiger partial charge in [-0.15, -0.1) is 10.2 Å². The lowest BCUT2D eigenvalue weighted by atomic mass is 10.2. The van der Waals surface area contributed by atoms with Crippen LogP contribution in [-0.2, 0) is 4.79 Å². The van der Waals surface area contributed by atoms with Crippen molar-refractivity contribution in [2.45, 2.75) is 18.1 Å². The zero-order chi connectivity index (χ0) is 23.4. The summed E-state index contributed by atoms with van der Waals surface area (Å²) in [6.07, 6.45) is 0. The molecule has 1 fully saturated rings. The van der Waals surface area contributed by atoms with E-state index >= 15 is 0 Å². The lowest BCUT2D eigenvalue weighted by Gasteiger charge is -2.36. The Bertz CT molecular complexity index is 1060. The minimum Gasteiger partial charge on any atom is -0.368 e. The van der Waals surface area contributed by atoms with Gasteiger partial charge in [0.05, 0.1) is 11.8 Å². The molecule has 4 rings (SSSR count). The Morgan fingerprint density at radius 3 is 2.30 bits per heavy atom. The van der Waals surface area contributed by atoms with Gasteiger partial charge in [-0.25, -0.2) is 4.39 Å². The van der Waals surface area contributed by atoms with Crippen LogP contribution in [0.15, 0.2) is 59.8 Å². The average molecular weight is 469 g/mol. The number of nitrogens with zero attached hydrogens (tertiary/aromatic N) is 6. The van der Waals surface area contributed by atoms with Crippen molar-refractivity contribution in [1.82, 2.24) is 24.6 Å². The van der Waals surface area contributed by atoms with E-state index in [9.17, 15) is 9.18 Å². The number of para-hydroxylation sites is 1. The minimum atomic E-state index is -0.298. The Morgan fingerprint density at radius 1 is 1.00 bits per heavy atom. The number of thioether (sulfide) groups is 1. The van der Waals surface area contributed by atoms with Crippen LogP contribution in [0.25, 0.3) is 5.69 Å². The summed E-state index contributed by atoms with van der Waals surface area (Å²) in [7, 11) is 3.94. The summed E-state index contributed by atoms with van der Waals surface area (Å²) in [5.41, 5.74) is 1.96. The summed E-state index contributed by atoms with van der Waals surface area (Å²) in [5, 5.41) is 9.39. The first kappa shape index (κ1) is 23.3. The lowest BCUT2D eigenvalue weighted by molar-refractivity contribution is -0.128. The molecule has 33 heavy (non-hydrogen) atoms. The highest BCUT2D eigenvalue weighted by Crippen LogP contribution is 2.27. The van der Waals surface area contributed by atoms with Gasteiger partial charge in [0.15, 0.2) is 11.0 Å². The molecular weight excluding hydrogens is 439 g/mol. The summed E-state index contributed by atoms with van der Waals surface area (Å²) < 4.78 is 15.4. The molecule has 1 aliphatic heterocycles. The van der Waals surface area contributed by atoms with Gasteiger partial charge in [-0.05, 0) is 57.4 Å². The van der Waals surface area contributed by atoms with Crippen molar-refractivity contribution in [3.63, 3.8) is 0 Å². The van der Waals surface area contributed by atoms with Crippen molar-refractivity contribution in [3.05, 3.63) is 66.2 Å². The average Bonchev–Trinajstić information content (AvgIpc) is 3.27. The molecule has 0 N–H and O–H groups in total. The molecule has 2 aromatic carbocycles. The molecule has 0 aliphatic carbocycles. The Balaban J connectivity index is 1.44. The van der Waals surface area contributed by atoms with E-state index in [0.29, 0.717) is 18.2 Å². The van der Waals surface area contributed by atoms with Crippen molar-refractivity contribution in [3.8, 4) is 5.69 Å². The van der Waals surface area contributed by atoms with Gasteiger partial charge >= 0.3 is 0 Å². The zero-order valence-electron chi connectivity index (χ0n) is 19.2. The molecule has 0 radical (unpaired) electrons. The normalized spacial score (nSPS) is 15.2. The number of anilines is 1. The van der Waals surface area contributed by atoms with Gasteiger partial charge in [0.1, 0.15) is 5.82 Å². The molecule has 0 spiro atoms. The number of aromatic nitrogens is 3. The van der Waals surface area contributed by atoms with Crippen LogP contribution in [0.2, 0.25) is 0 Å². The number of hydrogen-bond acceptors (Lipinski definition) is 6. The first-order chi connectivity index (χ1) is 15.9. The molecule has 174 valence electrons. The third kappa shape index (κ3) is 5.36. The van der Waals surface area contributed by atoms with Crippen molar-refractivity contribution < 1.29 is 9.18 Å². The predicted molar refractivity (Wildman–Crippen MR) is 129 cm³/mol. The Hall–Kier alpha value is -2.91. The molecule has 1 atom stereocenters. The largest absolute Gasteiger partial charge is 0.368 e.